The summed E-state index contributed by atoms with van der Waals surface area (Å²) in [6.45, 7) is 2.42. The molecule has 0 aliphatic carbocycles. The van der Waals surface area contributed by atoms with Gasteiger partial charge in [0.05, 0.1) is 17.7 Å². The zero-order chi connectivity index (χ0) is 11.4. The minimum Gasteiger partial charge on any atom is -0.496 e. The van der Waals surface area contributed by atoms with Crippen LogP contribution in [0, 0.1) is 6.92 Å². The predicted octanol–water partition coefficient (Wildman–Crippen LogP) is 2.15. The number of aliphatic hydroxyl groups is 1. The van der Waals surface area contributed by atoms with E-state index < -0.39 is 6.10 Å². The average molecular weight is 274 g/mol. The Kier molecular flexibility index (Phi) is 4.57. The van der Waals surface area contributed by atoms with Crippen molar-refractivity contribution >= 4 is 15.9 Å². The highest BCUT2D eigenvalue weighted by molar-refractivity contribution is 9.10. The first kappa shape index (κ1) is 12.5. The molecule has 0 radical (unpaired) electrons. The maximum Gasteiger partial charge on any atom is 0.133 e. The molecule has 1 aromatic carbocycles. The minimum absolute atomic E-state index is 0.476. The maximum absolute atomic E-state index is 9.85. The molecule has 1 atom stereocenters. The van der Waals surface area contributed by atoms with E-state index in [9.17, 15) is 5.11 Å². The van der Waals surface area contributed by atoms with Crippen LogP contribution in [0.4, 0.5) is 0 Å². The van der Waals surface area contributed by atoms with Crippen LogP contribution in [0.15, 0.2) is 16.6 Å². The lowest BCUT2D eigenvalue weighted by Gasteiger charge is -2.15. The molecule has 0 fully saturated rings. The molecule has 0 spiro atoms. The second kappa shape index (κ2) is 5.49. The molecule has 3 nitrogen and oxygen atoms in total. The first-order valence-corrected chi connectivity index (χ1v) is 5.61. The number of aliphatic hydroxyl groups excluding tert-OH is 1. The van der Waals surface area contributed by atoms with Crippen LogP contribution in [0.25, 0.3) is 0 Å². The summed E-state index contributed by atoms with van der Waals surface area (Å²) in [4.78, 5) is 0. The molecular weight excluding hydrogens is 258 g/mol. The van der Waals surface area contributed by atoms with Crippen molar-refractivity contribution in [2.45, 2.75) is 19.4 Å². The van der Waals surface area contributed by atoms with E-state index in [4.69, 9.17) is 10.5 Å². The van der Waals surface area contributed by atoms with Gasteiger partial charge in [-0.25, -0.2) is 0 Å². The van der Waals surface area contributed by atoms with Crippen molar-refractivity contribution in [2.24, 2.45) is 5.73 Å². The Morgan fingerprint density at radius 3 is 2.73 bits per heavy atom. The second-order valence-corrected chi connectivity index (χ2v) is 4.29. The molecule has 0 aromatic heterocycles. The highest BCUT2D eigenvalue weighted by Gasteiger charge is 2.12. The maximum atomic E-state index is 9.85. The van der Waals surface area contributed by atoms with Gasteiger partial charge in [-0.3, -0.25) is 0 Å². The van der Waals surface area contributed by atoms with Gasteiger partial charge in [-0.1, -0.05) is 0 Å². The largest absolute Gasteiger partial charge is 0.496 e. The zero-order valence-electron chi connectivity index (χ0n) is 8.96. The molecule has 4 heteroatoms. The summed E-state index contributed by atoms with van der Waals surface area (Å²) in [5, 5.41) is 9.85. The van der Waals surface area contributed by atoms with E-state index in [1.54, 1.807) is 7.11 Å². The van der Waals surface area contributed by atoms with Crippen LogP contribution in [0.1, 0.15) is 23.7 Å². The van der Waals surface area contributed by atoms with E-state index in [0.717, 1.165) is 21.3 Å². The van der Waals surface area contributed by atoms with Gasteiger partial charge in [-0.2, -0.15) is 0 Å². The van der Waals surface area contributed by atoms with Gasteiger partial charge in [-0.15, -0.1) is 0 Å². The van der Waals surface area contributed by atoms with Crippen LogP contribution in [-0.4, -0.2) is 18.8 Å². The molecule has 1 rings (SSSR count). The minimum atomic E-state index is -0.503. The fraction of sp³-hybridized carbons (Fsp3) is 0.455. The molecule has 0 heterocycles. The van der Waals surface area contributed by atoms with E-state index in [1.165, 1.54) is 0 Å². The van der Waals surface area contributed by atoms with Crippen LogP contribution in [0.5, 0.6) is 5.75 Å². The van der Waals surface area contributed by atoms with Gasteiger partial charge in [0.25, 0.3) is 0 Å². The summed E-state index contributed by atoms with van der Waals surface area (Å²) < 4.78 is 6.02. The van der Waals surface area contributed by atoms with Gasteiger partial charge in [0, 0.05) is 0 Å². The van der Waals surface area contributed by atoms with E-state index in [1.807, 2.05) is 19.1 Å². The lowest BCUT2D eigenvalue weighted by Crippen LogP contribution is -2.08. The number of methoxy groups -OCH3 is 1. The van der Waals surface area contributed by atoms with Crippen LogP contribution in [0.3, 0.4) is 0 Å². The molecule has 0 saturated carbocycles. The third kappa shape index (κ3) is 2.93. The Morgan fingerprint density at radius 1 is 1.53 bits per heavy atom. The molecule has 1 aromatic rings. The Hall–Kier alpha value is -0.580. The smallest absolute Gasteiger partial charge is 0.133 e. The molecule has 1 unspecified atom stereocenters. The van der Waals surface area contributed by atoms with Crippen molar-refractivity contribution < 1.29 is 9.84 Å². The van der Waals surface area contributed by atoms with Crippen molar-refractivity contribution in [1.82, 2.24) is 0 Å². The number of nitrogens with two attached hydrogens (primary N) is 1. The Bertz CT molecular complexity index is 342. The van der Waals surface area contributed by atoms with E-state index in [2.05, 4.69) is 15.9 Å². The first-order valence-electron chi connectivity index (χ1n) is 4.82. The van der Waals surface area contributed by atoms with Gasteiger partial charge >= 0.3 is 0 Å². The SMILES string of the molecule is COc1cc(C)c(C(O)CCN)cc1Br. The third-order valence-corrected chi connectivity index (χ3v) is 2.96. The number of benzene rings is 1. The Labute approximate surface area is 98.4 Å². The topological polar surface area (TPSA) is 55.5 Å². The van der Waals surface area contributed by atoms with Crippen LogP contribution < -0.4 is 10.5 Å². The molecule has 0 aliphatic rings. The molecular formula is C11H16BrNO2. The van der Waals surface area contributed by atoms with Crippen LogP contribution in [0.2, 0.25) is 0 Å². The van der Waals surface area contributed by atoms with E-state index in [-0.39, 0.29) is 0 Å². The molecule has 3 N–H and O–H groups in total. The quantitative estimate of drug-likeness (QED) is 0.884. The molecule has 15 heavy (non-hydrogen) atoms. The van der Waals surface area contributed by atoms with Crippen LogP contribution in [-0.2, 0) is 0 Å². The standard InChI is InChI=1S/C11H16BrNO2/c1-7-5-11(15-2)9(12)6-8(7)10(14)3-4-13/h5-6,10,14H,3-4,13H2,1-2H3. The van der Waals surface area contributed by atoms with E-state index in [0.29, 0.717) is 13.0 Å². The Balaban J connectivity index is 3.04. The predicted molar refractivity (Wildman–Crippen MR) is 64.1 cm³/mol. The van der Waals surface area contributed by atoms with Gasteiger partial charge in [0.15, 0.2) is 0 Å². The fourth-order valence-corrected chi connectivity index (χ4v) is 2.02. The van der Waals surface area contributed by atoms with Gasteiger partial charge in [0.2, 0.25) is 0 Å². The van der Waals surface area contributed by atoms with Crippen molar-refractivity contribution in [3.63, 3.8) is 0 Å². The summed E-state index contributed by atoms with van der Waals surface area (Å²) in [6, 6.07) is 3.79. The first-order chi connectivity index (χ1) is 7.10. The fourth-order valence-electron chi connectivity index (χ4n) is 1.50. The number of rotatable bonds is 4. The zero-order valence-corrected chi connectivity index (χ0v) is 10.5. The number of hydrogen-bond acceptors (Lipinski definition) is 3. The van der Waals surface area contributed by atoms with Crippen molar-refractivity contribution in [3.8, 4) is 5.75 Å². The number of ether oxygens (including phenoxy) is 1. The molecule has 0 aliphatic heterocycles. The summed E-state index contributed by atoms with van der Waals surface area (Å²) in [7, 11) is 1.62. The van der Waals surface area contributed by atoms with Crippen molar-refractivity contribution in [2.75, 3.05) is 13.7 Å². The summed E-state index contributed by atoms with van der Waals surface area (Å²) in [5.74, 6) is 0.774. The average Bonchev–Trinajstić information content (AvgIpc) is 2.21. The highest BCUT2D eigenvalue weighted by Crippen LogP contribution is 2.31. The van der Waals surface area contributed by atoms with Gasteiger partial charge < -0.3 is 15.6 Å². The van der Waals surface area contributed by atoms with Crippen molar-refractivity contribution in [1.29, 1.82) is 0 Å². The summed E-state index contributed by atoms with van der Waals surface area (Å²) in [5.41, 5.74) is 7.32. The molecule has 84 valence electrons. The molecule has 0 bridgehead atoms. The van der Waals surface area contributed by atoms with Gasteiger partial charge in [-0.05, 0) is 59.1 Å². The normalized spacial score (nSPS) is 12.6. The lowest BCUT2D eigenvalue weighted by molar-refractivity contribution is 0.169. The monoisotopic (exact) mass is 273 g/mol. The van der Waals surface area contributed by atoms with Crippen LogP contribution >= 0.6 is 15.9 Å². The van der Waals surface area contributed by atoms with E-state index >= 15 is 0 Å². The number of halogens is 1. The summed E-state index contributed by atoms with van der Waals surface area (Å²) in [6.07, 6.45) is 0.0665. The molecule has 0 saturated heterocycles. The second-order valence-electron chi connectivity index (χ2n) is 3.44. The highest BCUT2D eigenvalue weighted by atomic mass is 79.9. The summed E-state index contributed by atoms with van der Waals surface area (Å²) >= 11 is 3.39. The Morgan fingerprint density at radius 2 is 2.20 bits per heavy atom. The molecule has 0 amide bonds. The number of aryl methyl sites for hydroxylation is 1. The van der Waals surface area contributed by atoms with Crippen molar-refractivity contribution in [3.05, 3.63) is 27.7 Å². The third-order valence-electron chi connectivity index (χ3n) is 2.34. The van der Waals surface area contributed by atoms with Gasteiger partial charge in [0.1, 0.15) is 5.75 Å². The number of hydrogen-bond donors (Lipinski definition) is 2. The lowest BCUT2D eigenvalue weighted by atomic mass is 10.0.